The lowest BCUT2D eigenvalue weighted by Crippen LogP contribution is -2.40. The highest BCUT2D eigenvalue weighted by atomic mass is 16.6. The predicted octanol–water partition coefficient (Wildman–Crippen LogP) is 2.45. The molecule has 0 fully saturated rings. The average Bonchev–Trinajstić information content (AvgIpc) is 2.67. The van der Waals surface area contributed by atoms with Gasteiger partial charge < -0.3 is 24.5 Å². The maximum absolute atomic E-state index is 12.5. The van der Waals surface area contributed by atoms with Gasteiger partial charge in [0.15, 0.2) is 11.5 Å². The van der Waals surface area contributed by atoms with Crippen molar-refractivity contribution in [2.24, 2.45) is 0 Å². The molecule has 1 aliphatic heterocycles. The number of aromatic nitrogens is 1. The molecule has 1 amide bonds. The van der Waals surface area contributed by atoms with Crippen LogP contribution in [0.3, 0.4) is 0 Å². The van der Waals surface area contributed by atoms with E-state index in [9.17, 15) is 9.59 Å². The Morgan fingerprint density at radius 1 is 1.22 bits per heavy atom. The molecule has 1 aliphatic rings. The second-order valence-corrected chi connectivity index (χ2v) is 6.21. The van der Waals surface area contributed by atoms with E-state index < -0.39 is 6.10 Å². The zero-order valence-corrected chi connectivity index (χ0v) is 14.7. The number of para-hydroxylation sites is 2. The van der Waals surface area contributed by atoms with Crippen molar-refractivity contribution in [1.82, 2.24) is 4.98 Å². The molecule has 7 heteroatoms. The summed E-state index contributed by atoms with van der Waals surface area (Å²) in [6.45, 7) is 0.462. The van der Waals surface area contributed by atoms with Crippen molar-refractivity contribution < 1.29 is 19.0 Å². The van der Waals surface area contributed by atoms with Gasteiger partial charge in [0, 0.05) is 24.2 Å². The smallest absolute Gasteiger partial charge is 0.269 e. The molecule has 1 unspecified atom stereocenters. The van der Waals surface area contributed by atoms with Gasteiger partial charge in [-0.15, -0.1) is 0 Å². The summed E-state index contributed by atoms with van der Waals surface area (Å²) in [5.41, 5.74) is 1.74. The predicted molar refractivity (Wildman–Crippen MR) is 100 cm³/mol. The Morgan fingerprint density at radius 2 is 2.04 bits per heavy atom. The molecule has 7 nitrogen and oxygen atoms in total. The Hall–Kier alpha value is -3.32. The maximum Gasteiger partial charge on any atom is 0.269 e. The van der Waals surface area contributed by atoms with Crippen LogP contribution in [0.5, 0.6) is 11.5 Å². The molecule has 0 bridgehead atoms. The number of hydrogen-bond donors (Lipinski definition) is 2. The van der Waals surface area contributed by atoms with E-state index in [2.05, 4.69) is 10.3 Å². The monoisotopic (exact) mass is 366 g/mol. The highest BCUT2D eigenvalue weighted by Crippen LogP contribution is 2.31. The van der Waals surface area contributed by atoms with Gasteiger partial charge in [0.05, 0.1) is 12.1 Å². The lowest BCUT2D eigenvalue weighted by Gasteiger charge is -2.25. The van der Waals surface area contributed by atoms with E-state index in [-0.39, 0.29) is 18.1 Å². The number of amides is 1. The fourth-order valence-corrected chi connectivity index (χ4v) is 3.06. The van der Waals surface area contributed by atoms with Crippen LogP contribution in [0.15, 0.2) is 53.3 Å². The normalized spacial score (nSPS) is 15.5. The minimum atomic E-state index is -0.755. The van der Waals surface area contributed by atoms with Gasteiger partial charge in [0.25, 0.3) is 5.91 Å². The molecule has 0 spiro atoms. The molecule has 0 saturated carbocycles. The molecule has 2 heterocycles. The third kappa shape index (κ3) is 3.50. The van der Waals surface area contributed by atoms with E-state index >= 15 is 0 Å². The number of anilines is 1. The number of H-pyrrole nitrogens is 1. The van der Waals surface area contributed by atoms with Crippen LogP contribution in [0.4, 0.5) is 5.69 Å². The van der Waals surface area contributed by atoms with Crippen LogP contribution in [0.25, 0.3) is 10.9 Å². The molecule has 2 aromatic carbocycles. The van der Waals surface area contributed by atoms with Crippen molar-refractivity contribution in [3.05, 3.63) is 64.4 Å². The molecule has 0 aliphatic carbocycles. The van der Waals surface area contributed by atoms with Gasteiger partial charge in [0.1, 0.15) is 6.61 Å². The van der Waals surface area contributed by atoms with Crippen molar-refractivity contribution in [3.8, 4) is 11.5 Å². The van der Waals surface area contributed by atoms with Crippen molar-refractivity contribution >= 4 is 22.5 Å². The van der Waals surface area contributed by atoms with Gasteiger partial charge in [-0.2, -0.15) is 0 Å². The minimum Gasteiger partial charge on any atom is -0.485 e. The summed E-state index contributed by atoms with van der Waals surface area (Å²) in [4.78, 5) is 27.2. The Morgan fingerprint density at radius 3 is 2.85 bits per heavy atom. The van der Waals surface area contributed by atoms with E-state index in [0.29, 0.717) is 29.3 Å². The third-order valence-electron chi connectivity index (χ3n) is 4.30. The fraction of sp³-hybridized carbons (Fsp3) is 0.200. The molecule has 1 atom stereocenters. The zero-order chi connectivity index (χ0) is 18.8. The lowest BCUT2D eigenvalue weighted by atomic mass is 10.1. The van der Waals surface area contributed by atoms with Gasteiger partial charge in [-0.25, -0.2) is 0 Å². The van der Waals surface area contributed by atoms with Gasteiger partial charge in [-0.3, -0.25) is 9.59 Å². The van der Waals surface area contributed by atoms with Crippen LogP contribution in [0.2, 0.25) is 0 Å². The first kappa shape index (κ1) is 17.1. The number of carbonyl (C=O) groups is 1. The van der Waals surface area contributed by atoms with Gasteiger partial charge in [0.2, 0.25) is 11.7 Å². The van der Waals surface area contributed by atoms with Crippen molar-refractivity contribution in [1.29, 1.82) is 0 Å². The van der Waals surface area contributed by atoms with Gasteiger partial charge in [-0.1, -0.05) is 18.2 Å². The highest BCUT2D eigenvalue weighted by molar-refractivity contribution is 5.97. The molecular formula is C20H18N2O5. The molecule has 138 valence electrons. The van der Waals surface area contributed by atoms with Crippen LogP contribution < -0.4 is 20.3 Å². The van der Waals surface area contributed by atoms with Crippen LogP contribution in [-0.4, -0.2) is 30.7 Å². The topological polar surface area (TPSA) is 89.7 Å². The molecule has 0 saturated heterocycles. The minimum absolute atomic E-state index is 0.130. The number of hydrogen-bond acceptors (Lipinski definition) is 5. The number of fused-ring (bicyclic) bond motifs is 2. The lowest BCUT2D eigenvalue weighted by molar-refractivity contribution is -0.125. The average molecular weight is 366 g/mol. The van der Waals surface area contributed by atoms with E-state index in [4.69, 9.17) is 14.2 Å². The quantitative estimate of drug-likeness (QED) is 0.740. The standard InChI is InChI=1S/C20H18N2O5/c1-25-10-12-8-19(23)22-15-9-13(6-7-14(12)15)21-20(24)18-11-26-16-4-2-3-5-17(16)27-18/h2-9,18H,10-11H2,1H3,(H,21,24)(H,22,23). The number of aromatic amines is 1. The van der Waals surface area contributed by atoms with Crippen LogP contribution in [0.1, 0.15) is 5.56 Å². The van der Waals surface area contributed by atoms with Crippen molar-refractivity contribution in [2.45, 2.75) is 12.7 Å². The van der Waals surface area contributed by atoms with Crippen LogP contribution >= 0.6 is 0 Å². The second kappa shape index (κ2) is 7.13. The highest BCUT2D eigenvalue weighted by Gasteiger charge is 2.27. The number of pyridine rings is 1. The molecular weight excluding hydrogens is 348 g/mol. The third-order valence-corrected chi connectivity index (χ3v) is 4.30. The summed E-state index contributed by atoms with van der Waals surface area (Å²) in [6, 6.07) is 14.0. The summed E-state index contributed by atoms with van der Waals surface area (Å²) in [5.74, 6) is 0.839. The number of rotatable bonds is 4. The van der Waals surface area contributed by atoms with E-state index in [1.807, 2.05) is 18.2 Å². The van der Waals surface area contributed by atoms with Crippen molar-refractivity contribution in [3.63, 3.8) is 0 Å². The number of ether oxygens (including phenoxy) is 3. The summed E-state index contributed by atoms with van der Waals surface area (Å²) in [6.07, 6.45) is -0.755. The van der Waals surface area contributed by atoms with E-state index in [1.165, 1.54) is 6.07 Å². The Labute approximate surface area is 154 Å². The first-order valence-corrected chi connectivity index (χ1v) is 8.48. The summed E-state index contributed by atoms with van der Waals surface area (Å²) in [7, 11) is 1.58. The molecule has 4 rings (SSSR count). The molecule has 1 aromatic heterocycles. The number of benzene rings is 2. The van der Waals surface area contributed by atoms with E-state index in [0.717, 1.165) is 10.9 Å². The largest absolute Gasteiger partial charge is 0.485 e. The summed E-state index contributed by atoms with van der Waals surface area (Å²) < 4.78 is 16.4. The van der Waals surface area contributed by atoms with Crippen molar-refractivity contribution in [2.75, 3.05) is 19.0 Å². The number of carbonyl (C=O) groups excluding carboxylic acids is 1. The Kier molecular flexibility index (Phi) is 4.52. The first-order chi connectivity index (χ1) is 13.1. The van der Waals surface area contributed by atoms with Crippen LogP contribution in [0, 0.1) is 0 Å². The molecule has 2 N–H and O–H groups in total. The zero-order valence-electron chi connectivity index (χ0n) is 14.7. The summed E-state index contributed by atoms with van der Waals surface area (Å²) in [5, 5.41) is 3.67. The summed E-state index contributed by atoms with van der Waals surface area (Å²) >= 11 is 0. The number of nitrogens with one attached hydrogen (secondary N) is 2. The fourth-order valence-electron chi connectivity index (χ4n) is 3.06. The van der Waals surface area contributed by atoms with Gasteiger partial charge >= 0.3 is 0 Å². The Bertz CT molecular complexity index is 1060. The number of methoxy groups -OCH3 is 1. The maximum atomic E-state index is 12.5. The second-order valence-electron chi connectivity index (χ2n) is 6.21. The molecule has 27 heavy (non-hydrogen) atoms. The Balaban J connectivity index is 1.55. The van der Waals surface area contributed by atoms with Gasteiger partial charge in [-0.05, 0) is 29.8 Å². The molecule has 0 radical (unpaired) electrons. The van der Waals surface area contributed by atoms with Crippen LogP contribution in [-0.2, 0) is 16.1 Å². The molecule has 3 aromatic rings. The van der Waals surface area contributed by atoms with E-state index in [1.54, 1.807) is 31.4 Å². The SMILES string of the molecule is COCc1cc(=O)[nH]c2cc(NC(=O)C3COc4ccccc4O3)ccc12. The first-order valence-electron chi connectivity index (χ1n) is 8.48.